The minimum Gasteiger partial charge on any atom is -0.493 e. The number of carbonyl (C=O) groups is 9. The summed E-state index contributed by atoms with van der Waals surface area (Å²) in [6.45, 7) is 12.8. The Labute approximate surface area is 504 Å². The van der Waals surface area contributed by atoms with Gasteiger partial charge in [0.05, 0.1) is 62.0 Å². The number of nitrogens with two attached hydrogens (primary N) is 1. The fourth-order valence-corrected chi connectivity index (χ4v) is 10.9. The maximum Gasteiger partial charge on any atom is 0.416 e. The predicted molar refractivity (Wildman–Crippen MR) is 320 cm³/mol. The maximum atomic E-state index is 14.3. The first-order valence-corrected chi connectivity index (χ1v) is 29.1. The molecule has 2 saturated heterocycles. The summed E-state index contributed by atoms with van der Waals surface area (Å²) in [7, 11) is 2.94. The SMILES string of the molecule is C=C1CC2[C@H](O)N(C(=O)OCc3ccc(NC(=O)[C@H](CCCNC(N)=O)NC(=O)[C@@H](NC(=O)CCCCCN4C(=O)C=CC4=O)C(C)C)cc3)c3cc(OCCCCCOc4cc5c(cc4OC)C(=O)N4CC(=C)C[C@H]4C=N5)c(OC)cc3C(=O)N2C1. The molecule has 8 rings (SSSR count). The number of benzene rings is 3. The van der Waals surface area contributed by atoms with Crippen molar-refractivity contribution in [3.63, 3.8) is 0 Å². The van der Waals surface area contributed by atoms with Crippen LogP contribution in [0.5, 0.6) is 23.0 Å². The van der Waals surface area contributed by atoms with Crippen LogP contribution in [0, 0.1) is 5.92 Å². The van der Waals surface area contributed by atoms with Crippen LogP contribution in [0.15, 0.2) is 90.0 Å². The Hall–Kier alpha value is -9.26. The number of carbonyl (C=O) groups excluding carboxylic acids is 9. The Morgan fingerprint density at radius 2 is 1.38 bits per heavy atom. The Kier molecular flexibility index (Phi) is 21.4. The number of urea groups is 1. The molecule has 25 nitrogen and oxygen atoms in total. The highest BCUT2D eigenvalue weighted by Gasteiger charge is 2.46. The van der Waals surface area contributed by atoms with E-state index in [2.05, 4.69) is 39.4 Å². The largest absolute Gasteiger partial charge is 0.493 e. The van der Waals surface area contributed by atoms with Crippen molar-refractivity contribution in [2.24, 2.45) is 16.6 Å². The first kappa shape index (κ1) is 63.8. The van der Waals surface area contributed by atoms with Gasteiger partial charge in [0.1, 0.15) is 18.7 Å². The summed E-state index contributed by atoms with van der Waals surface area (Å²) >= 11 is 0. The standard InChI is InChI=1S/C62H76N10O15/c1-36(2)55(68-52(73)15-9-7-10-23-69-53(74)20-21-54(69)75)57(77)67-44(14-13-22-64-61(63)81)56(76)66-40-18-16-39(17-19-40)35-87-62(82)72-46-31-51(49(84-6)29-43(46)59(79)71-34-38(4)27-47(71)60(72)80)86-25-12-8-11-24-85-50-30-45-42(28-48(50)83-5)58(78)70-33-37(3)26-41(70)32-65-45/h16-21,28-32,36,41,44,47,55,60,80H,3-4,7-15,22-27,33-35H2,1-2,5-6H3,(H,66,76)(H,67,77)(H,68,73)(H3,63,64,81)/t41-,44-,47?,55-,60-/m0/s1. The van der Waals surface area contributed by atoms with Crippen LogP contribution in [0.1, 0.15) is 111 Å². The zero-order chi connectivity index (χ0) is 62.5. The lowest BCUT2D eigenvalue weighted by Crippen LogP contribution is -2.54. The summed E-state index contributed by atoms with van der Waals surface area (Å²) in [5.74, 6) is -2.00. The quantitative estimate of drug-likeness (QED) is 0.0294. The zero-order valence-corrected chi connectivity index (χ0v) is 49.4. The molecule has 5 aliphatic heterocycles. The highest BCUT2D eigenvalue weighted by atomic mass is 16.6. The van der Waals surface area contributed by atoms with Gasteiger partial charge in [0.15, 0.2) is 29.2 Å². The molecule has 3 aromatic carbocycles. The molecule has 5 heterocycles. The number of unbranched alkanes of at least 4 members (excludes halogenated alkanes) is 4. The number of methoxy groups -OCH3 is 2. The number of nitrogens with zero attached hydrogens (tertiary/aromatic N) is 5. The van der Waals surface area contributed by atoms with Crippen LogP contribution in [-0.2, 0) is 35.3 Å². The van der Waals surface area contributed by atoms with E-state index in [1.54, 1.807) is 61.4 Å². The van der Waals surface area contributed by atoms with Crippen molar-refractivity contribution in [1.82, 2.24) is 30.7 Å². The van der Waals surface area contributed by atoms with Gasteiger partial charge >= 0.3 is 12.1 Å². The van der Waals surface area contributed by atoms with Crippen molar-refractivity contribution < 1.29 is 71.9 Å². The normalized spacial score (nSPS) is 18.3. The van der Waals surface area contributed by atoms with E-state index in [0.717, 1.165) is 15.4 Å². The average Bonchev–Trinajstić information content (AvgIpc) is 1.74. The summed E-state index contributed by atoms with van der Waals surface area (Å²) in [4.78, 5) is 128. The molecular formula is C62H76N10O15. The molecule has 10 amide bonds. The second-order valence-corrected chi connectivity index (χ2v) is 22.3. The van der Waals surface area contributed by atoms with Crippen LogP contribution in [0.25, 0.3) is 0 Å². The fourth-order valence-electron chi connectivity index (χ4n) is 10.9. The number of aliphatic hydroxyl groups is 1. The number of hydrogen-bond donors (Lipinski definition) is 6. The van der Waals surface area contributed by atoms with Gasteiger partial charge in [0, 0.05) is 68.8 Å². The molecule has 0 aromatic heterocycles. The van der Waals surface area contributed by atoms with E-state index < -0.39 is 54.2 Å². The fraction of sp³-hybridized carbons (Fsp3) is 0.452. The number of amides is 10. The number of primary amides is 1. The molecule has 3 aromatic rings. The predicted octanol–water partition coefficient (Wildman–Crippen LogP) is 5.56. The van der Waals surface area contributed by atoms with Crippen LogP contribution in [-0.4, -0.2) is 164 Å². The highest BCUT2D eigenvalue weighted by molar-refractivity contribution is 6.13. The molecule has 0 saturated carbocycles. The minimum atomic E-state index is -1.56. The van der Waals surface area contributed by atoms with Gasteiger partial charge in [-0.15, -0.1) is 0 Å². The van der Waals surface area contributed by atoms with Crippen molar-refractivity contribution >= 4 is 76.8 Å². The van der Waals surface area contributed by atoms with E-state index in [1.807, 2.05) is 0 Å². The third-order valence-corrected chi connectivity index (χ3v) is 15.5. The van der Waals surface area contributed by atoms with E-state index in [0.29, 0.717) is 97.7 Å². The smallest absolute Gasteiger partial charge is 0.416 e. The van der Waals surface area contributed by atoms with Gasteiger partial charge in [0.2, 0.25) is 17.7 Å². The van der Waals surface area contributed by atoms with Gasteiger partial charge in [-0.2, -0.15) is 0 Å². The number of fused-ring (bicyclic) bond motifs is 4. The number of aliphatic hydroxyl groups excluding tert-OH is 1. The highest BCUT2D eigenvalue weighted by Crippen LogP contribution is 2.43. The molecule has 464 valence electrons. The third-order valence-electron chi connectivity index (χ3n) is 15.5. The number of imide groups is 1. The van der Waals surface area contributed by atoms with Crippen molar-refractivity contribution in [1.29, 1.82) is 0 Å². The molecule has 25 heteroatoms. The van der Waals surface area contributed by atoms with E-state index in [9.17, 15) is 48.3 Å². The van der Waals surface area contributed by atoms with Gasteiger partial charge in [-0.1, -0.05) is 56.7 Å². The lowest BCUT2D eigenvalue weighted by molar-refractivity contribution is -0.137. The molecule has 0 bridgehead atoms. The summed E-state index contributed by atoms with van der Waals surface area (Å²) in [6.07, 6.45) is 6.38. The third kappa shape index (κ3) is 15.8. The number of aliphatic imine (C=N–C) groups is 1. The molecule has 0 aliphatic carbocycles. The van der Waals surface area contributed by atoms with Crippen molar-refractivity contribution in [2.45, 2.75) is 121 Å². The Balaban J connectivity index is 0.864. The van der Waals surface area contributed by atoms with Gasteiger partial charge in [0.25, 0.3) is 23.6 Å². The molecule has 2 fully saturated rings. The zero-order valence-electron chi connectivity index (χ0n) is 49.4. The molecule has 87 heavy (non-hydrogen) atoms. The van der Waals surface area contributed by atoms with Gasteiger partial charge in [-0.25, -0.2) is 14.5 Å². The average molecular weight is 1200 g/mol. The second kappa shape index (κ2) is 29.2. The molecule has 0 spiro atoms. The first-order chi connectivity index (χ1) is 41.7. The van der Waals surface area contributed by atoms with Crippen LogP contribution in [0.4, 0.5) is 26.7 Å². The van der Waals surface area contributed by atoms with Crippen molar-refractivity contribution in [3.05, 3.63) is 102 Å². The molecular weight excluding hydrogens is 1120 g/mol. The van der Waals surface area contributed by atoms with E-state index >= 15 is 0 Å². The molecule has 5 aliphatic rings. The Morgan fingerprint density at radius 3 is 2.05 bits per heavy atom. The lowest BCUT2D eigenvalue weighted by Gasteiger charge is -2.31. The van der Waals surface area contributed by atoms with Gasteiger partial charge in [-0.3, -0.25) is 43.5 Å². The van der Waals surface area contributed by atoms with Crippen LogP contribution in [0.2, 0.25) is 0 Å². The van der Waals surface area contributed by atoms with Crippen molar-refractivity contribution in [2.75, 3.05) is 63.8 Å². The van der Waals surface area contributed by atoms with Crippen LogP contribution < -0.4 is 50.8 Å². The summed E-state index contributed by atoms with van der Waals surface area (Å²) in [5.41, 5.74) is 8.76. The van der Waals surface area contributed by atoms with E-state index in [1.165, 1.54) is 43.4 Å². The topological polar surface area (TPSA) is 319 Å². The first-order valence-electron chi connectivity index (χ1n) is 29.1. The Morgan fingerprint density at radius 1 is 0.747 bits per heavy atom. The molecule has 7 N–H and O–H groups in total. The summed E-state index contributed by atoms with van der Waals surface area (Å²) in [5, 5.41) is 22.7. The number of anilines is 2. The van der Waals surface area contributed by atoms with Gasteiger partial charge < -0.3 is 65.6 Å². The molecule has 1 unspecified atom stereocenters. The number of rotatable bonds is 28. The number of ether oxygens (including phenoxy) is 5. The van der Waals surface area contributed by atoms with E-state index in [4.69, 9.17) is 29.4 Å². The molecule has 5 atom stereocenters. The summed E-state index contributed by atoms with van der Waals surface area (Å²) < 4.78 is 29.5. The Bertz CT molecular complexity index is 3200. The number of nitrogens with one attached hydrogen (secondary N) is 4. The van der Waals surface area contributed by atoms with Gasteiger partial charge in [-0.05, 0) is 93.5 Å². The summed E-state index contributed by atoms with van der Waals surface area (Å²) in [6, 6.07) is 8.79. The second-order valence-electron chi connectivity index (χ2n) is 22.3. The van der Waals surface area contributed by atoms with Crippen molar-refractivity contribution in [3.8, 4) is 23.0 Å². The maximum absolute atomic E-state index is 14.3. The number of hydrogen-bond acceptors (Lipinski definition) is 16. The van der Waals surface area contributed by atoms with Crippen LogP contribution >= 0.6 is 0 Å². The monoisotopic (exact) mass is 1200 g/mol. The van der Waals surface area contributed by atoms with Crippen LogP contribution in [0.3, 0.4) is 0 Å². The van der Waals surface area contributed by atoms with E-state index in [-0.39, 0.29) is 117 Å². The minimum absolute atomic E-state index is 0.0401. The molecule has 0 radical (unpaired) electrons. The lowest BCUT2D eigenvalue weighted by atomic mass is 10.0.